The van der Waals surface area contributed by atoms with Gasteiger partial charge in [-0.05, 0) is 58.8 Å². The van der Waals surface area contributed by atoms with E-state index in [-0.39, 0.29) is 12.1 Å². The average molecular weight is 576 g/mol. The number of hydrogen-bond acceptors (Lipinski definition) is 2. The molecule has 3 heteroatoms. The first-order valence-corrected chi connectivity index (χ1v) is 15.8. The van der Waals surface area contributed by atoms with Gasteiger partial charge in [0.05, 0.1) is 28.8 Å². The van der Waals surface area contributed by atoms with Gasteiger partial charge in [-0.2, -0.15) is 0 Å². The summed E-state index contributed by atoms with van der Waals surface area (Å²) in [6.07, 6.45) is 9.89. The molecular formula is C42H29N3. The van der Waals surface area contributed by atoms with E-state index in [1.165, 1.54) is 71.8 Å². The lowest BCUT2D eigenvalue weighted by Crippen LogP contribution is -2.47. The minimum Gasteiger partial charge on any atom is -0.319 e. The number of hydrogen-bond donors (Lipinski definition) is 0. The van der Waals surface area contributed by atoms with Crippen molar-refractivity contribution < 1.29 is 0 Å². The third kappa shape index (κ3) is 3.61. The molecule has 2 aliphatic heterocycles. The normalized spacial score (nSPS) is 18.0. The van der Waals surface area contributed by atoms with E-state index in [1.807, 2.05) is 0 Å². The smallest absolute Gasteiger partial charge is 0.137 e. The number of anilines is 1. The van der Waals surface area contributed by atoms with E-state index in [2.05, 4.69) is 161 Å². The van der Waals surface area contributed by atoms with Gasteiger partial charge in [0.1, 0.15) is 5.84 Å². The van der Waals surface area contributed by atoms with E-state index >= 15 is 0 Å². The molecule has 2 atom stereocenters. The summed E-state index contributed by atoms with van der Waals surface area (Å²) in [5, 5.41) is 5.05. The van der Waals surface area contributed by atoms with Crippen molar-refractivity contribution in [3.63, 3.8) is 0 Å². The van der Waals surface area contributed by atoms with Crippen LogP contribution in [0.5, 0.6) is 0 Å². The molecule has 45 heavy (non-hydrogen) atoms. The first-order valence-electron chi connectivity index (χ1n) is 15.8. The average Bonchev–Trinajstić information content (AvgIpc) is 3.32. The minimum atomic E-state index is 0.205. The summed E-state index contributed by atoms with van der Waals surface area (Å²) in [4.78, 5) is 7.72. The van der Waals surface area contributed by atoms with Crippen LogP contribution in [0.25, 0.3) is 60.5 Å². The Kier molecular flexibility index (Phi) is 5.17. The van der Waals surface area contributed by atoms with Crippen LogP contribution in [0.3, 0.4) is 0 Å². The van der Waals surface area contributed by atoms with Crippen molar-refractivity contribution in [2.24, 2.45) is 4.99 Å². The summed E-state index contributed by atoms with van der Waals surface area (Å²) in [6.45, 7) is 0. The minimum absolute atomic E-state index is 0.205. The van der Waals surface area contributed by atoms with Crippen LogP contribution in [0.1, 0.15) is 12.0 Å². The number of nitrogens with zero attached hydrogens (tertiary/aromatic N) is 3. The number of amidine groups is 1. The molecule has 0 fully saturated rings. The van der Waals surface area contributed by atoms with Crippen molar-refractivity contribution in [3.8, 4) is 27.9 Å². The molecule has 0 N–H and O–H groups in total. The summed E-state index contributed by atoms with van der Waals surface area (Å²) >= 11 is 0. The quantitative estimate of drug-likeness (QED) is 0.201. The third-order valence-corrected chi connectivity index (χ3v) is 9.82. The molecule has 1 aromatic heterocycles. The summed E-state index contributed by atoms with van der Waals surface area (Å²) in [5.74, 6) is 1.08. The van der Waals surface area contributed by atoms with Gasteiger partial charge in [0.15, 0.2) is 0 Å². The Morgan fingerprint density at radius 1 is 0.578 bits per heavy atom. The molecule has 3 aliphatic rings. The van der Waals surface area contributed by atoms with E-state index in [0.29, 0.717) is 0 Å². The number of rotatable bonds is 2. The number of benzene rings is 6. The molecule has 2 unspecified atom stereocenters. The number of fused-ring (bicyclic) bond motifs is 14. The van der Waals surface area contributed by atoms with Gasteiger partial charge < -0.3 is 9.47 Å². The Morgan fingerprint density at radius 3 is 2.33 bits per heavy atom. The molecule has 0 spiro atoms. The van der Waals surface area contributed by atoms with Gasteiger partial charge in [-0.3, -0.25) is 4.99 Å². The van der Waals surface area contributed by atoms with Crippen molar-refractivity contribution in [2.75, 3.05) is 4.90 Å². The molecule has 10 rings (SSSR count). The van der Waals surface area contributed by atoms with Crippen molar-refractivity contribution in [2.45, 2.75) is 18.5 Å². The molecular weight excluding hydrogens is 546 g/mol. The predicted molar refractivity (Wildman–Crippen MR) is 189 cm³/mol. The first-order chi connectivity index (χ1) is 22.3. The van der Waals surface area contributed by atoms with Gasteiger partial charge in [0.25, 0.3) is 0 Å². The fourth-order valence-electron chi connectivity index (χ4n) is 7.81. The maximum absolute atomic E-state index is 5.26. The van der Waals surface area contributed by atoms with Gasteiger partial charge in [0, 0.05) is 33.0 Å². The van der Waals surface area contributed by atoms with Crippen LogP contribution < -0.4 is 4.90 Å². The number of allylic oxidation sites excluding steroid dienone is 2. The zero-order valence-corrected chi connectivity index (χ0v) is 24.6. The summed E-state index contributed by atoms with van der Waals surface area (Å²) < 4.78 is 2.48. The summed E-state index contributed by atoms with van der Waals surface area (Å²) in [5.41, 5.74) is 11.0. The lowest BCUT2D eigenvalue weighted by Gasteiger charge is -2.42. The predicted octanol–water partition coefficient (Wildman–Crippen LogP) is 10.1. The Morgan fingerprint density at radius 2 is 1.40 bits per heavy atom. The van der Waals surface area contributed by atoms with Crippen LogP contribution in [0.15, 0.2) is 157 Å². The number of aromatic nitrogens is 1. The van der Waals surface area contributed by atoms with Gasteiger partial charge in [0.2, 0.25) is 0 Å². The molecule has 0 radical (unpaired) electrons. The molecule has 0 saturated heterocycles. The topological polar surface area (TPSA) is 20.5 Å². The second-order valence-corrected chi connectivity index (χ2v) is 12.3. The van der Waals surface area contributed by atoms with E-state index < -0.39 is 0 Å². The maximum atomic E-state index is 5.26. The van der Waals surface area contributed by atoms with E-state index in [4.69, 9.17) is 4.99 Å². The summed E-state index contributed by atoms with van der Waals surface area (Å²) in [7, 11) is 0. The van der Waals surface area contributed by atoms with E-state index in [0.717, 1.165) is 12.3 Å². The highest BCUT2D eigenvalue weighted by Gasteiger charge is 2.36. The largest absolute Gasteiger partial charge is 0.319 e. The van der Waals surface area contributed by atoms with Crippen LogP contribution in [-0.4, -0.2) is 22.5 Å². The van der Waals surface area contributed by atoms with Crippen LogP contribution in [0.2, 0.25) is 0 Å². The Hall–Kier alpha value is -5.67. The van der Waals surface area contributed by atoms with Crippen LogP contribution in [0, 0.1) is 0 Å². The molecule has 212 valence electrons. The molecule has 0 amide bonds. The van der Waals surface area contributed by atoms with E-state index in [1.54, 1.807) is 0 Å². The van der Waals surface area contributed by atoms with Crippen molar-refractivity contribution >= 4 is 44.1 Å². The zero-order chi connectivity index (χ0) is 29.5. The van der Waals surface area contributed by atoms with Crippen LogP contribution >= 0.6 is 0 Å². The second-order valence-electron chi connectivity index (χ2n) is 12.3. The fraction of sp³-hybridized carbons (Fsp3) is 0.0714. The molecule has 3 nitrogen and oxygen atoms in total. The standard InChI is InChI=1S/C42H29N3/c1-2-10-27(11-3-1)29-19-22-39-37(24-29)35-21-18-28-12-4-7-15-33(28)41(35)44(39)32-20-23-40-38(26-32)34-16-8-9-17-36(34)42-43-30-13-5-6-14-31(25-30)45(40)42/h1-24,26,30-31H,25H2. The van der Waals surface area contributed by atoms with Crippen molar-refractivity contribution in [1.82, 2.24) is 4.57 Å². The van der Waals surface area contributed by atoms with Gasteiger partial charge >= 0.3 is 0 Å². The highest BCUT2D eigenvalue weighted by molar-refractivity contribution is 6.21. The molecule has 1 aliphatic carbocycles. The second kappa shape index (κ2) is 9.41. The molecule has 2 bridgehead atoms. The van der Waals surface area contributed by atoms with Gasteiger partial charge in [-0.1, -0.05) is 121 Å². The van der Waals surface area contributed by atoms with Gasteiger partial charge in [-0.15, -0.1) is 0 Å². The fourth-order valence-corrected chi connectivity index (χ4v) is 7.81. The lowest BCUT2D eigenvalue weighted by atomic mass is 9.88. The molecule has 3 heterocycles. The monoisotopic (exact) mass is 575 g/mol. The van der Waals surface area contributed by atoms with E-state index in [9.17, 15) is 0 Å². The molecule has 0 saturated carbocycles. The van der Waals surface area contributed by atoms with Gasteiger partial charge in [-0.25, -0.2) is 0 Å². The number of aliphatic imine (C=N–C) groups is 1. The van der Waals surface area contributed by atoms with Crippen LogP contribution in [0.4, 0.5) is 5.69 Å². The highest BCUT2D eigenvalue weighted by atomic mass is 15.3. The Bertz CT molecular complexity index is 2420. The molecule has 6 aromatic carbocycles. The lowest BCUT2D eigenvalue weighted by molar-refractivity contribution is 0.622. The first kappa shape index (κ1) is 24.7. The maximum Gasteiger partial charge on any atom is 0.137 e. The van der Waals surface area contributed by atoms with Crippen molar-refractivity contribution in [1.29, 1.82) is 0 Å². The SMILES string of the molecule is C1=CC2CC(C=C1)N1C(=N2)c2ccccc2-c2cc(-n3c4ccc(-c5ccccc5)cc4c4ccc5ccccc5c43)ccc21. The highest BCUT2D eigenvalue weighted by Crippen LogP contribution is 2.46. The molecule has 7 aromatic rings. The van der Waals surface area contributed by atoms with Crippen molar-refractivity contribution in [3.05, 3.63) is 157 Å². The third-order valence-electron chi connectivity index (χ3n) is 9.82. The summed E-state index contributed by atoms with van der Waals surface area (Å²) in [6, 6.07) is 47.2. The Labute approximate surface area is 261 Å². The zero-order valence-electron chi connectivity index (χ0n) is 24.6. The Balaban J connectivity index is 1.26. The van der Waals surface area contributed by atoms with Crippen LogP contribution in [-0.2, 0) is 0 Å².